The van der Waals surface area contributed by atoms with E-state index < -0.39 is 0 Å². The van der Waals surface area contributed by atoms with Crippen molar-refractivity contribution in [3.05, 3.63) is 11.4 Å². The molecule has 5 nitrogen and oxygen atoms in total. The van der Waals surface area contributed by atoms with Crippen molar-refractivity contribution in [2.75, 3.05) is 24.2 Å². The second-order valence-electron chi connectivity index (χ2n) is 3.36. The van der Waals surface area contributed by atoms with E-state index in [-0.39, 0.29) is 6.61 Å². The largest absolute Gasteiger partial charge is 0.396 e. The van der Waals surface area contributed by atoms with Crippen molar-refractivity contribution >= 4 is 11.6 Å². The molecule has 1 aromatic rings. The van der Waals surface area contributed by atoms with Crippen molar-refractivity contribution < 1.29 is 5.11 Å². The highest BCUT2D eigenvalue weighted by Crippen LogP contribution is 2.17. The summed E-state index contributed by atoms with van der Waals surface area (Å²) in [5.74, 6) is 2.03. The van der Waals surface area contributed by atoms with Crippen LogP contribution in [-0.4, -0.2) is 28.2 Å². The standard InChI is InChI=1S/C10H18N4O/c1-3-8-13-9(11)7(2)10(14-8)12-5-4-6-15/h15H,3-6H2,1-2H3,(H3,11,12,13,14). The molecular formula is C10H18N4O. The summed E-state index contributed by atoms with van der Waals surface area (Å²) in [5, 5.41) is 11.8. The Balaban J connectivity index is 2.80. The van der Waals surface area contributed by atoms with E-state index in [0.717, 1.165) is 23.6 Å². The van der Waals surface area contributed by atoms with Crippen LogP contribution < -0.4 is 11.1 Å². The minimum Gasteiger partial charge on any atom is -0.396 e. The number of nitrogens with one attached hydrogen (secondary N) is 1. The number of aliphatic hydroxyl groups is 1. The van der Waals surface area contributed by atoms with Crippen LogP contribution in [0, 0.1) is 6.92 Å². The number of hydrogen-bond acceptors (Lipinski definition) is 5. The van der Waals surface area contributed by atoms with Gasteiger partial charge < -0.3 is 16.2 Å². The molecule has 0 radical (unpaired) electrons. The predicted octanol–water partition coefficient (Wildman–Crippen LogP) is 0.724. The SMILES string of the molecule is CCc1nc(N)c(C)c(NCCCO)n1. The molecule has 0 aliphatic heterocycles. The Kier molecular flexibility index (Phi) is 4.30. The van der Waals surface area contributed by atoms with Crippen molar-refractivity contribution in [2.24, 2.45) is 0 Å². The average Bonchev–Trinajstić information content (AvgIpc) is 2.24. The minimum atomic E-state index is 0.174. The molecule has 0 aromatic carbocycles. The minimum absolute atomic E-state index is 0.174. The first-order valence-electron chi connectivity index (χ1n) is 5.16. The summed E-state index contributed by atoms with van der Waals surface area (Å²) >= 11 is 0. The highest BCUT2D eigenvalue weighted by Gasteiger charge is 2.06. The molecule has 15 heavy (non-hydrogen) atoms. The molecule has 0 unspecified atom stereocenters. The quantitative estimate of drug-likeness (QED) is 0.624. The van der Waals surface area contributed by atoms with Gasteiger partial charge in [-0.15, -0.1) is 0 Å². The number of nitrogens with two attached hydrogens (primary N) is 1. The van der Waals surface area contributed by atoms with Crippen LogP contribution in [0.2, 0.25) is 0 Å². The van der Waals surface area contributed by atoms with Crippen LogP contribution in [-0.2, 0) is 6.42 Å². The van der Waals surface area contributed by atoms with Gasteiger partial charge in [0.2, 0.25) is 0 Å². The second-order valence-corrected chi connectivity index (χ2v) is 3.36. The summed E-state index contributed by atoms with van der Waals surface area (Å²) in [5.41, 5.74) is 6.63. The number of nitrogen functional groups attached to an aromatic ring is 1. The Morgan fingerprint density at radius 2 is 2.13 bits per heavy atom. The molecule has 0 bridgehead atoms. The molecule has 4 N–H and O–H groups in total. The van der Waals surface area contributed by atoms with Crippen molar-refractivity contribution in [1.29, 1.82) is 0 Å². The van der Waals surface area contributed by atoms with Gasteiger partial charge in [0.25, 0.3) is 0 Å². The molecular weight excluding hydrogens is 192 g/mol. The second kappa shape index (κ2) is 5.50. The van der Waals surface area contributed by atoms with Crippen molar-refractivity contribution in [3.8, 4) is 0 Å². The molecule has 84 valence electrons. The van der Waals surface area contributed by atoms with Crippen LogP contribution in [0.1, 0.15) is 24.7 Å². The summed E-state index contributed by atoms with van der Waals surface area (Å²) in [6.45, 7) is 4.74. The van der Waals surface area contributed by atoms with E-state index in [1.165, 1.54) is 0 Å². The van der Waals surface area contributed by atoms with E-state index in [1.54, 1.807) is 0 Å². The van der Waals surface area contributed by atoms with Gasteiger partial charge in [0.15, 0.2) is 0 Å². The van der Waals surface area contributed by atoms with E-state index in [9.17, 15) is 0 Å². The van der Waals surface area contributed by atoms with E-state index in [2.05, 4.69) is 15.3 Å². The van der Waals surface area contributed by atoms with Gasteiger partial charge in [-0.05, 0) is 13.3 Å². The zero-order valence-corrected chi connectivity index (χ0v) is 9.25. The summed E-state index contributed by atoms with van der Waals surface area (Å²) in [6, 6.07) is 0. The third-order valence-corrected chi connectivity index (χ3v) is 2.17. The van der Waals surface area contributed by atoms with Crippen LogP contribution in [0.4, 0.5) is 11.6 Å². The number of anilines is 2. The van der Waals surface area contributed by atoms with E-state index in [1.807, 2.05) is 13.8 Å². The first-order valence-corrected chi connectivity index (χ1v) is 5.16. The van der Waals surface area contributed by atoms with Crippen LogP contribution >= 0.6 is 0 Å². The molecule has 0 aliphatic carbocycles. The normalized spacial score (nSPS) is 10.3. The van der Waals surface area contributed by atoms with E-state index in [4.69, 9.17) is 10.8 Å². The van der Waals surface area contributed by atoms with Crippen molar-refractivity contribution in [2.45, 2.75) is 26.7 Å². The number of nitrogens with zero attached hydrogens (tertiary/aromatic N) is 2. The van der Waals surface area contributed by atoms with Crippen LogP contribution in [0.5, 0.6) is 0 Å². The molecule has 5 heteroatoms. The molecule has 0 fully saturated rings. The molecule has 1 aromatic heterocycles. The molecule has 0 saturated carbocycles. The summed E-state index contributed by atoms with van der Waals surface area (Å²) in [7, 11) is 0. The van der Waals surface area contributed by atoms with E-state index >= 15 is 0 Å². The third kappa shape index (κ3) is 3.06. The summed E-state index contributed by atoms with van der Waals surface area (Å²) in [4.78, 5) is 8.50. The van der Waals surface area contributed by atoms with Gasteiger partial charge in [0.05, 0.1) is 0 Å². The molecule has 0 aliphatic rings. The fraction of sp³-hybridized carbons (Fsp3) is 0.600. The summed E-state index contributed by atoms with van der Waals surface area (Å²) in [6.07, 6.45) is 1.46. The molecule has 0 amide bonds. The highest BCUT2D eigenvalue weighted by atomic mass is 16.3. The molecule has 0 atom stereocenters. The zero-order chi connectivity index (χ0) is 11.3. The van der Waals surface area contributed by atoms with Crippen molar-refractivity contribution in [3.63, 3.8) is 0 Å². The number of aryl methyl sites for hydroxylation is 1. The van der Waals surface area contributed by atoms with Gasteiger partial charge in [-0.3, -0.25) is 0 Å². The Labute approximate surface area is 89.7 Å². The average molecular weight is 210 g/mol. The molecule has 0 spiro atoms. The lowest BCUT2D eigenvalue weighted by Gasteiger charge is -2.10. The molecule has 0 saturated heterocycles. The van der Waals surface area contributed by atoms with Gasteiger partial charge in [0.1, 0.15) is 17.5 Å². The van der Waals surface area contributed by atoms with Gasteiger partial charge in [0, 0.05) is 25.1 Å². The number of aromatic nitrogens is 2. The smallest absolute Gasteiger partial charge is 0.134 e. The number of rotatable bonds is 5. The highest BCUT2D eigenvalue weighted by molar-refractivity contribution is 5.54. The third-order valence-electron chi connectivity index (χ3n) is 2.17. The number of hydrogen-bond donors (Lipinski definition) is 3. The topological polar surface area (TPSA) is 84.1 Å². The predicted molar refractivity (Wildman–Crippen MR) is 60.8 cm³/mol. The van der Waals surface area contributed by atoms with Gasteiger partial charge >= 0.3 is 0 Å². The first-order chi connectivity index (χ1) is 7.19. The number of aliphatic hydroxyl groups excluding tert-OH is 1. The van der Waals surface area contributed by atoms with Crippen molar-refractivity contribution in [1.82, 2.24) is 9.97 Å². The lowest BCUT2D eigenvalue weighted by Crippen LogP contribution is -2.11. The lowest BCUT2D eigenvalue weighted by atomic mass is 10.3. The molecule has 1 heterocycles. The van der Waals surface area contributed by atoms with Crippen LogP contribution in [0.25, 0.3) is 0 Å². The Hall–Kier alpha value is -1.36. The molecule has 1 rings (SSSR count). The van der Waals surface area contributed by atoms with Crippen LogP contribution in [0.15, 0.2) is 0 Å². The first kappa shape index (κ1) is 11.7. The maximum atomic E-state index is 8.67. The monoisotopic (exact) mass is 210 g/mol. The Morgan fingerprint density at radius 1 is 1.40 bits per heavy atom. The maximum Gasteiger partial charge on any atom is 0.134 e. The maximum absolute atomic E-state index is 8.67. The Morgan fingerprint density at radius 3 is 2.73 bits per heavy atom. The Bertz CT molecular complexity index is 327. The fourth-order valence-electron chi connectivity index (χ4n) is 1.20. The summed E-state index contributed by atoms with van der Waals surface area (Å²) < 4.78 is 0. The fourth-order valence-corrected chi connectivity index (χ4v) is 1.20. The van der Waals surface area contributed by atoms with Crippen LogP contribution in [0.3, 0.4) is 0 Å². The van der Waals surface area contributed by atoms with E-state index in [0.29, 0.717) is 18.8 Å². The lowest BCUT2D eigenvalue weighted by molar-refractivity contribution is 0.292. The zero-order valence-electron chi connectivity index (χ0n) is 9.25. The van der Waals surface area contributed by atoms with Gasteiger partial charge in [-0.1, -0.05) is 6.92 Å². The van der Waals surface area contributed by atoms with Gasteiger partial charge in [-0.2, -0.15) is 0 Å². The van der Waals surface area contributed by atoms with Gasteiger partial charge in [-0.25, -0.2) is 9.97 Å².